The van der Waals surface area contributed by atoms with Crippen LogP contribution in [-0.2, 0) is 23.8 Å². The third-order valence-electron chi connectivity index (χ3n) is 16.0. The van der Waals surface area contributed by atoms with E-state index in [0.717, 1.165) is 38.6 Å². The number of nitrogens with two attached hydrogens (primary N) is 2. The Morgan fingerprint density at radius 1 is 1.07 bits per heavy atom. The van der Waals surface area contributed by atoms with Crippen LogP contribution in [0.2, 0.25) is 0 Å². The van der Waals surface area contributed by atoms with Gasteiger partial charge in [-0.2, -0.15) is 0 Å². The van der Waals surface area contributed by atoms with Gasteiger partial charge in [0.1, 0.15) is 17.5 Å². The molecule has 7 rings (SSSR count). The molecule has 5 aliphatic heterocycles. The van der Waals surface area contributed by atoms with Gasteiger partial charge in [0.15, 0.2) is 0 Å². The summed E-state index contributed by atoms with van der Waals surface area (Å²) < 4.78 is 21.1. The van der Waals surface area contributed by atoms with Crippen LogP contribution in [-0.4, -0.2) is 127 Å². The fraction of sp³-hybridized carbons (Fsp3) is 0.867. The molecule has 0 aromatic rings. The lowest BCUT2D eigenvalue weighted by Gasteiger charge is -2.63. The Morgan fingerprint density at radius 3 is 2.56 bits per heavy atom. The number of nitrogens with one attached hydrogen (secondary N) is 3. The van der Waals surface area contributed by atoms with Crippen molar-refractivity contribution in [3.63, 3.8) is 0 Å². The monoisotopic (exact) mass is 828 g/mol. The molecule has 0 spiro atoms. The maximum atomic E-state index is 14.3. The molecule has 332 valence electrons. The predicted octanol–water partition coefficient (Wildman–Crippen LogP) is 1.07. The topological polar surface area (TPSA) is 231 Å². The number of hydrogen-bond acceptors (Lipinski definition) is 14. The van der Waals surface area contributed by atoms with Crippen molar-refractivity contribution < 1.29 is 44.2 Å². The zero-order chi connectivity index (χ0) is 42.1. The largest absolute Gasteiger partial charge is 0.456 e. The van der Waals surface area contributed by atoms with E-state index < -0.39 is 77.3 Å². The standard InChI is InChI=1S/C45H73N5O9/c1-4-26(12-15-48-3)43(56)58-34-21-32-40(55)37-33(54)20-31(23-51)57-42(37)38-39(27-13-16-49-36(47)18-27)45(24-52,29-7-5-9-30(53)19-29)14-6-8-28(44(34,2)59-41(32)38)17-25-10-11-35(46)50-22-25/h4,25,27-32,34-42,48-53,55H,5,7-13,15-24,46-47H2,1-3H3. The number of aliphatic hydroxyl groups excluding tert-OH is 4. The first-order valence-corrected chi connectivity index (χ1v) is 22.8. The third kappa shape index (κ3) is 8.96. The molecular weight excluding hydrogens is 755 g/mol. The van der Waals surface area contributed by atoms with Gasteiger partial charge in [-0.3, -0.25) is 4.79 Å². The molecule has 0 aromatic heterocycles. The normalized spacial score (nSPS) is 46.7. The first-order valence-electron chi connectivity index (χ1n) is 22.8. The molecule has 14 nitrogen and oxygen atoms in total. The van der Waals surface area contributed by atoms with Crippen LogP contribution in [0.5, 0.6) is 0 Å². The van der Waals surface area contributed by atoms with Crippen LogP contribution in [0, 0.1) is 64.6 Å². The van der Waals surface area contributed by atoms with E-state index >= 15 is 0 Å². The van der Waals surface area contributed by atoms with Gasteiger partial charge >= 0.3 is 5.97 Å². The molecular formula is C45H73N5O9. The van der Waals surface area contributed by atoms with Crippen LogP contribution in [0.15, 0.2) is 11.6 Å². The third-order valence-corrected chi connectivity index (χ3v) is 16.0. The van der Waals surface area contributed by atoms with Crippen molar-refractivity contribution in [1.29, 1.82) is 0 Å². The van der Waals surface area contributed by atoms with Gasteiger partial charge in [0, 0.05) is 36.2 Å². The number of ether oxygens (including phenoxy) is 3. The van der Waals surface area contributed by atoms with Gasteiger partial charge in [0.2, 0.25) is 0 Å². The van der Waals surface area contributed by atoms with Crippen LogP contribution in [0.1, 0.15) is 97.3 Å². The molecule has 18 atom stereocenters. The summed E-state index contributed by atoms with van der Waals surface area (Å²) in [6.45, 7) is 5.24. The zero-order valence-electron chi connectivity index (χ0n) is 35.5. The molecule has 0 amide bonds. The van der Waals surface area contributed by atoms with Crippen molar-refractivity contribution in [3.05, 3.63) is 11.6 Å². The predicted molar refractivity (Wildman–Crippen MR) is 221 cm³/mol. The van der Waals surface area contributed by atoms with Crippen LogP contribution in [0.3, 0.4) is 0 Å². The van der Waals surface area contributed by atoms with Gasteiger partial charge in [0.05, 0.1) is 67.4 Å². The number of hydrogen-bond donors (Lipinski definition) is 9. The smallest absolute Gasteiger partial charge is 0.334 e. The zero-order valence-corrected chi connectivity index (χ0v) is 35.5. The molecule has 7 aliphatic rings. The summed E-state index contributed by atoms with van der Waals surface area (Å²) in [6, 6.07) is 0. The number of carbonyl (C=O) groups excluding carboxylic acids is 2. The molecule has 11 N–H and O–H groups in total. The number of piperidine rings is 2. The summed E-state index contributed by atoms with van der Waals surface area (Å²) in [5, 5.41) is 56.3. The maximum absolute atomic E-state index is 14.3. The number of carbonyl (C=O) groups is 2. The van der Waals surface area contributed by atoms with E-state index in [2.05, 4.69) is 27.8 Å². The molecule has 2 aliphatic carbocycles. The first kappa shape index (κ1) is 45.0. The lowest BCUT2D eigenvalue weighted by Crippen LogP contribution is -2.72. The quantitative estimate of drug-likeness (QED) is 0.0807. The van der Waals surface area contributed by atoms with E-state index in [0.29, 0.717) is 57.2 Å². The van der Waals surface area contributed by atoms with Gasteiger partial charge in [-0.1, -0.05) is 18.4 Å². The molecule has 5 heterocycles. The Labute approximate surface area is 350 Å². The molecule has 4 saturated heterocycles. The highest BCUT2D eigenvalue weighted by Gasteiger charge is 2.67. The number of rotatable bonds is 11. The van der Waals surface area contributed by atoms with Gasteiger partial charge < -0.3 is 62.1 Å². The minimum absolute atomic E-state index is 0.0320. The highest BCUT2D eigenvalue weighted by Crippen LogP contribution is 2.60. The number of fused-ring (bicyclic) bond motifs is 3. The molecule has 14 heteroatoms. The lowest BCUT2D eigenvalue weighted by atomic mass is 9.48. The van der Waals surface area contributed by atoms with E-state index in [1.54, 1.807) is 6.08 Å². The number of esters is 1. The highest BCUT2D eigenvalue weighted by molar-refractivity contribution is 5.88. The Balaban J connectivity index is 1.43. The Bertz CT molecular complexity index is 1560. The molecule has 18 unspecified atom stereocenters. The maximum Gasteiger partial charge on any atom is 0.334 e. The van der Waals surface area contributed by atoms with E-state index in [9.17, 15) is 30.0 Å². The fourth-order valence-electron chi connectivity index (χ4n) is 12.9. The number of Topliss-reactive ketones (excluding diaryl/α,β-unsaturated/α-hetero) is 1. The number of ketones is 1. The van der Waals surface area contributed by atoms with Crippen molar-refractivity contribution in [2.24, 2.45) is 64.2 Å². The summed E-state index contributed by atoms with van der Waals surface area (Å²) in [5.74, 6) is 4.11. The van der Waals surface area contributed by atoms with Crippen LogP contribution >= 0.6 is 0 Å². The van der Waals surface area contributed by atoms with Crippen molar-refractivity contribution >= 4 is 11.8 Å². The average Bonchev–Trinajstić information content (AvgIpc) is 3.22. The molecule has 0 radical (unpaired) electrons. The molecule has 0 aromatic carbocycles. The van der Waals surface area contributed by atoms with E-state index in [-0.39, 0.29) is 67.8 Å². The minimum Gasteiger partial charge on any atom is -0.456 e. The van der Waals surface area contributed by atoms with E-state index in [1.807, 2.05) is 20.9 Å². The summed E-state index contributed by atoms with van der Waals surface area (Å²) in [6.07, 6.45) is 4.27. The van der Waals surface area contributed by atoms with Crippen LogP contribution in [0.25, 0.3) is 0 Å². The molecule has 2 bridgehead atoms. The van der Waals surface area contributed by atoms with Crippen molar-refractivity contribution in [2.75, 3.05) is 39.9 Å². The average molecular weight is 828 g/mol. The molecule has 6 fully saturated rings. The molecule has 59 heavy (non-hydrogen) atoms. The van der Waals surface area contributed by atoms with Gasteiger partial charge in [-0.05, 0) is 128 Å². The minimum atomic E-state index is -1.17. The van der Waals surface area contributed by atoms with Gasteiger partial charge in [-0.15, -0.1) is 5.92 Å². The second kappa shape index (κ2) is 19.2. The Kier molecular flexibility index (Phi) is 14.6. The SMILES string of the molecule is CC=C(CCNC)C(=O)OC1CC2C(O)C3C(=O)CC(CO)OC3C3C2OC1(C)C(CC1CCC(N)NC1)CC#CC(CO)(C1CCCC(O)C1)C3C1CCNC(N)C1. The van der Waals surface area contributed by atoms with E-state index in [4.69, 9.17) is 25.7 Å². The summed E-state index contributed by atoms with van der Waals surface area (Å²) in [7, 11) is 1.84. The molecule has 2 saturated carbocycles. The van der Waals surface area contributed by atoms with Crippen molar-refractivity contribution in [2.45, 2.75) is 152 Å². The number of aliphatic hydroxyl groups is 4. The Hall–Kier alpha value is -2.00. The first-order chi connectivity index (χ1) is 28.4. The second-order valence-electron chi connectivity index (χ2n) is 19.4. The van der Waals surface area contributed by atoms with Gasteiger partial charge in [0.25, 0.3) is 0 Å². The summed E-state index contributed by atoms with van der Waals surface area (Å²) in [4.78, 5) is 28.5. The van der Waals surface area contributed by atoms with Crippen molar-refractivity contribution in [1.82, 2.24) is 16.0 Å². The number of allylic oxidation sites excluding steroid dienone is 1. The van der Waals surface area contributed by atoms with Crippen LogP contribution < -0.4 is 27.4 Å². The fourth-order valence-corrected chi connectivity index (χ4v) is 12.9. The van der Waals surface area contributed by atoms with Gasteiger partial charge in [-0.25, -0.2) is 4.79 Å². The highest BCUT2D eigenvalue weighted by atomic mass is 16.6. The van der Waals surface area contributed by atoms with E-state index in [1.165, 1.54) is 0 Å². The Morgan fingerprint density at radius 2 is 1.88 bits per heavy atom. The van der Waals surface area contributed by atoms with Crippen LogP contribution in [0.4, 0.5) is 0 Å². The summed E-state index contributed by atoms with van der Waals surface area (Å²) in [5.41, 5.74) is 11.4. The second-order valence-corrected chi connectivity index (χ2v) is 19.4. The van der Waals surface area contributed by atoms with Crippen molar-refractivity contribution in [3.8, 4) is 11.8 Å². The lowest BCUT2D eigenvalue weighted by molar-refractivity contribution is -0.308. The summed E-state index contributed by atoms with van der Waals surface area (Å²) >= 11 is 0.